The highest BCUT2D eigenvalue weighted by molar-refractivity contribution is 9.10. The lowest BCUT2D eigenvalue weighted by Crippen LogP contribution is -2.44. The molecule has 2 aromatic heterocycles. The van der Waals surface area contributed by atoms with Gasteiger partial charge in [0, 0.05) is 24.0 Å². The number of halogens is 6. The predicted octanol–water partition coefficient (Wildman–Crippen LogP) is 5.11. The van der Waals surface area contributed by atoms with Crippen LogP contribution < -0.4 is 15.6 Å². The zero-order chi connectivity index (χ0) is 30.9. The van der Waals surface area contributed by atoms with E-state index in [1.54, 1.807) is 30.7 Å². The summed E-state index contributed by atoms with van der Waals surface area (Å²) < 4.78 is 81.2. The minimum atomic E-state index is -4.57. The summed E-state index contributed by atoms with van der Waals surface area (Å²) in [7, 11) is 1.72. The van der Waals surface area contributed by atoms with Crippen molar-refractivity contribution in [3.63, 3.8) is 0 Å². The standard InChI is InChI=1S/C27H22BrF5N4O5/c1-13-3-8-16(36(13)2)11-37(26(39)40)12-19(41-18-10-9-17(29)20(21(18)30)24(34)38)25-35-22(23(28)42-25)14-4-6-15(7-5-14)27(31,32)33/h3-10,19H,11-12H2,1-2H3,(H2,34,38)(H,39,40)/p-1. The summed E-state index contributed by atoms with van der Waals surface area (Å²) in [5.41, 5.74) is 4.75. The average molecular weight is 656 g/mol. The number of alkyl halides is 3. The number of hydrogen-bond acceptors (Lipinski definition) is 6. The van der Waals surface area contributed by atoms with Crippen molar-refractivity contribution in [3.05, 3.63) is 93.2 Å². The van der Waals surface area contributed by atoms with Crippen molar-refractivity contribution in [2.45, 2.75) is 25.7 Å². The zero-order valence-corrected chi connectivity index (χ0v) is 23.4. The van der Waals surface area contributed by atoms with Crippen molar-refractivity contribution in [1.82, 2.24) is 14.5 Å². The maximum Gasteiger partial charge on any atom is 0.416 e. The molecule has 15 heteroatoms. The van der Waals surface area contributed by atoms with Gasteiger partial charge in [0.05, 0.1) is 18.7 Å². The topological polar surface area (TPSA) is 127 Å². The average Bonchev–Trinajstić information content (AvgIpc) is 3.45. The van der Waals surface area contributed by atoms with Gasteiger partial charge in [-0.2, -0.15) is 13.2 Å². The van der Waals surface area contributed by atoms with Crippen LogP contribution in [0, 0.1) is 18.6 Å². The first-order valence-electron chi connectivity index (χ1n) is 12.0. The molecular weight excluding hydrogens is 635 g/mol. The molecule has 42 heavy (non-hydrogen) atoms. The fourth-order valence-corrected chi connectivity index (χ4v) is 4.53. The molecule has 0 saturated carbocycles. The van der Waals surface area contributed by atoms with Gasteiger partial charge in [0.25, 0.3) is 5.91 Å². The molecule has 4 rings (SSSR count). The SMILES string of the molecule is Cc1ccc(CN(CC(Oc2ccc(F)c(C(N)=O)c2F)c2nc(-c3ccc(C(F)(F)F)cc3)c(Br)o2)C(=O)[O-])n1C. The van der Waals surface area contributed by atoms with E-state index in [1.165, 1.54) is 0 Å². The number of carbonyl (C=O) groups excluding carboxylic acids is 2. The second kappa shape index (κ2) is 11.8. The monoisotopic (exact) mass is 655 g/mol. The number of carbonyl (C=O) groups is 2. The van der Waals surface area contributed by atoms with Crippen molar-refractivity contribution in [1.29, 1.82) is 0 Å². The number of rotatable bonds is 9. The van der Waals surface area contributed by atoms with E-state index in [-0.39, 0.29) is 28.4 Å². The molecule has 222 valence electrons. The molecule has 1 unspecified atom stereocenters. The lowest BCUT2D eigenvalue weighted by atomic mass is 10.1. The number of ether oxygens (including phenoxy) is 1. The molecule has 0 saturated heterocycles. The summed E-state index contributed by atoms with van der Waals surface area (Å²) in [4.78, 5) is 28.8. The molecule has 0 bridgehead atoms. The van der Waals surface area contributed by atoms with E-state index in [0.29, 0.717) is 5.69 Å². The van der Waals surface area contributed by atoms with Crippen LogP contribution in [0.4, 0.5) is 26.7 Å². The van der Waals surface area contributed by atoms with Crippen LogP contribution in [0.2, 0.25) is 0 Å². The van der Waals surface area contributed by atoms with E-state index in [4.69, 9.17) is 14.9 Å². The van der Waals surface area contributed by atoms with Crippen LogP contribution in [0.25, 0.3) is 11.3 Å². The van der Waals surface area contributed by atoms with Gasteiger partial charge in [0.1, 0.15) is 23.2 Å². The van der Waals surface area contributed by atoms with Crippen LogP contribution in [0.15, 0.2) is 57.6 Å². The minimum Gasteiger partial charge on any atom is -0.530 e. The van der Waals surface area contributed by atoms with Gasteiger partial charge in [0.15, 0.2) is 22.3 Å². The predicted molar refractivity (Wildman–Crippen MR) is 139 cm³/mol. The number of aromatic nitrogens is 2. The second-order valence-electron chi connectivity index (χ2n) is 9.13. The number of nitrogens with zero attached hydrogens (tertiary/aromatic N) is 3. The highest BCUT2D eigenvalue weighted by atomic mass is 79.9. The van der Waals surface area contributed by atoms with Gasteiger partial charge in [-0.05, 0) is 59.3 Å². The molecule has 0 radical (unpaired) electrons. The Bertz CT molecular complexity index is 1640. The normalized spacial score (nSPS) is 12.3. The first-order chi connectivity index (χ1) is 19.7. The number of amides is 2. The van der Waals surface area contributed by atoms with Crippen LogP contribution in [0.3, 0.4) is 0 Å². The first-order valence-corrected chi connectivity index (χ1v) is 12.8. The molecule has 2 N–H and O–H groups in total. The maximum absolute atomic E-state index is 15.1. The summed E-state index contributed by atoms with van der Waals surface area (Å²) in [6.45, 7) is 1.05. The number of aryl methyl sites for hydroxylation is 1. The second-order valence-corrected chi connectivity index (χ2v) is 9.85. The van der Waals surface area contributed by atoms with E-state index in [9.17, 15) is 32.3 Å². The van der Waals surface area contributed by atoms with Gasteiger partial charge in [-0.15, -0.1) is 0 Å². The Morgan fingerprint density at radius 3 is 2.36 bits per heavy atom. The third-order valence-corrected chi connectivity index (χ3v) is 6.95. The third kappa shape index (κ3) is 6.40. The van der Waals surface area contributed by atoms with Crippen molar-refractivity contribution < 1.29 is 45.8 Å². The number of hydrogen-bond donors (Lipinski definition) is 1. The van der Waals surface area contributed by atoms with E-state index < -0.39 is 59.3 Å². The molecule has 2 heterocycles. The number of benzene rings is 2. The third-order valence-electron chi connectivity index (χ3n) is 6.41. The summed E-state index contributed by atoms with van der Waals surface area (Å²) >= 11 is 3.14. The van der Waals surface area contributed by atoms with Crippen molar-refractivity contribution in [2.75, 3.05) is 6.54 Å². The van der Waals surface area contributed by atoms with Crippen LogP contribution >= 0.6 is 15.9 Å². The Morgan fingerprint density at radius 2 is 1.81 bits per heavy atom. The molecular formula is C27H21BrF5N4O5-. The van der Waals surface area contributed by atoms with Gasteiger partial charge in [-0.25, -0.2) is 13.8 Å². The summed E-state index contributed by atoms with van der Waals surface area (Å²) in [5.74, 6) is -5.10. The summed E-state index contributed by atoms with van der Waals surface area (Å²) in [5, 5.41) is 12.1. The molecule has 0 fully saturated rings. The number of primary amides is 1. The van der Waals surface area contributed by atoms with Crippen LogP contribution in [0.1, 0.15) is 39.3 Å². The van der Waals surface area contributed by atoms with Crippen molar-refractivity contribution in [3.8, 4) is 17.0 Å². The lowest BCUT2D eigenvalue weighted by molar-refractivity contribution is -0.267. The number of nitrogens with two attached hydrogens (primary N) is 1. The van der Waals surface area contributed by atoms with Gasteiger partial charge in [-0.1, -0.05) is 12.1 Å². The Balaban J connectivity index is 1.75. The van der Waals surface area contributed by atoms with Gasteiger partial charge >= 0.3 is 6.18 Å². The quantitative estimate of drug-likeness (QED) is 0.250. The van der Waals surface area contributed by atoms with Crippen LogP contribution in [-0.4, -0.2) is 33.0 Å². The minimum absolute atomic E-state index is 0.0304. The molecule has 0 aliphatic carbocycles. The molecule has 1 atom stereocenters. The smallest absolute Gasteiger partial charge is 0.416 e. The maximum atomic E-state index is 15.1. The van der Waals surface area contributed by atoms with E-state index in [0.717, 1.165) is 47.0 Å². The lowest BCUT2D eigenvalue weighted by Gasteiger charge is -2.29. The Hall–Kier alpha value is -4.40. The Labute approximate surface area is 243 Å². The van der Waals surface area contributed by atoms with Gasteiger partial charge in [0.2, 0.25) is 5.89 Å². The summed E-state index contributed by atoms with van der Waals surface area (Å²) in [6, 6.07) is 9.01. The molecule has 9 nitrogen and oxygen atoms in total. The van der Waals surface area contributed by atoms with E-state index >= 15 is 4.39 Å². The van der Waals surface area contributed by atoms with Gasteiger partial charge < -0.3 is 34.3 Å². The molecule has 2 amide bonds. The fourth-order valence-electron chi connectivity index (χ4n) is 4.04. The first kappa shape index (κ1) is 30.6. The number of oxazole rings is 1. The Morgan fingerprint density at radius 1 is 1.14 bits per heavy atom. The number of carboxylic acid groups (broad SMARTS) is 1. The molecule has 4 aromatic rings. The fraction of sp³-hybridized carbons (Fsp3) is 0.222. The molecule has 2 aromatic carbocycles. The largest absolute Gasteiger partial charge is 0.530 e. The highest BCUT2D eigenvalue weighted by Gasteiger charge is 2.31. The van der Waals surface area contributed by atoms with E-state index in [2.05, 4.69) is 20.9 Å². The van der Waals surface area contributed by atoms with Crippen LogP contribution in [-0.2, 0) is 19.8 Å². The zero-order valence-electron chi connectivity index (χ0n) is 21.8. The summed E-state index contributed by atoms with van der Waals surface area (Å²) in [6.07, 6.45) is -7.73. The molecule has 0 aliphatic rings. The van der Waals surface area contributed by atoms with E-state index in [1.807, 2.05) is 0 Å². The van der Waals surface area contributed by atoms with Crippen molar-refractivity contribution in [2.24, 2.45) is 12.8 Å². The van der Waals surface area contributed by atoms with Crippen LogP contribution in [0.5, 0.6) is 5.75 Å². The highest BCUT2D eigenvalue weighted by Crippen LogP contribution is 2.36. The van der Waals surface area contributed by atoms with Crippen molar-refractivity contribution >= 4 is 27.9 Å². The molecule has 0 aliphatic heterocycles. The van der Waals surface area contributed by atoms with Gasteiger partial charge in [-0.3, -0.25) is 4.79 Å². The molecule has 0 spiro atoms. The Kier molecular flexibility index (Phi) is 8.61.